The molecule has 9 rings (SSSR count). The van der Waals surface area contributed by atoms with Gasteiger partial charge in [0.05, 0.1) is 22.2 Å². The molecule has 0 atom stereocenters. The van der Waals surface area contributed by atoms with Gasteiger partial charge in [-0.2, -0.15) is 0 Å². The van der Waals surface area contributed by atoms with Crippen molar-refractivity contribution in [3.05, 3.63) is 121 Å². The molecule has 212 valence electrons. The van der Waals surface area contributed by atoms with Gasteiger partial charge in [-0.15, -0.1) is 0 Å². The van der Waals surface area contributed by atoms with Gasteiger partial charge in [0.15, 0.2) is 0 Å². The third-order valence-corrected chi connectivity index (χ3v) is 10.2. The molecular formula is C40H32BNO2. The molecule has 1 aliphatic rings. The Bertz CT molecular complexity index is 2440. The second kappa shape index (κ2) is 8.95. The van der Waals surface area contributed by atoms with Crippen LogP contribution in [0.25, 0.3) is 70.6 Å². The average molecular weight is 570 g/mol. The summed E-state index contributed by atoms with van der Waals surface area (Å²) in [6, 6.07) is 44.2. The highest BCUT2D eigenvalue weighted by molar-refractivity contribution is 6.62. The minimum atomic E-state index is -0.434. The molecule has 1 aromatic heterocycles. The van der Waals surface area contributed by atoms with Crippen LogP contribution in [0, 0.1) is 0 Å². The lowest BCUT2D eigenvalue weighted by Crippen LogP contribution is -2.41. The van der Waals surface area contributed by atoms with E-state index in [4.69, 9.17) is 9.31 Å². The largest absolute Gasteiger partial charge is 0.494 e. The first-order valence-electron chi connectivity index (χ1n) is 15.5. The molecule has 0 amide bonds. The fourth-order valence-corrected chi connectivity index (χ4v) is 7.38. The van der Waals surface area contributed by atoms with Gasteiger partial charge < -0.3 is 13.9 Å². The van der Waals surface area contributed by atoms with Crippen molar-refractivity contribution < 1.29 is 9.31 Å². The third kappa shape index (κ3) is 3.41. The van der Waals surface area contributed by atoms with Gasteiger partial charge in [-0.1, -0.05) is 103 Å². The highest BCUT2D eigenvalue weighted by Crippen LogP contribution is 2.47. The number of hydrogen-bond donors (Lipinski definition) is 0. The van der Waals surface area contributed by atoms with Gasteiger partial charge in [-0.3, -0.25) is 0 Å². The molecule has 1 aliphatic heterocycles. The quantitative estimate of drug-likeness (QED) is 0.153. The number of aromatic nitrogens is 1. The monoisotopic (exact) mass is 569 g/mol. The third-order valence-electron chi connectivity index (χ3n) is 10.2. The van der Waals surface area contributed by atoms with Crippen LogP contribution in [-0.4, -0.2) is 22.9 Å². The van der Waals surface area contributed by atoms with Crippen LogP contribution >= 0.6 is 0 Å². The van der Waals surface area contributed by atoms with Crippen LogP contribution in [0.4, 0.5) is 0 Å². The van der Waals surface area contributed by atoms with Gasteiger partial charge in [0.25, 0.3) is 0 Å². The zero-order valence-corrected chi connectivity index (χ0v) is 25.4. The number of benzene rings is 7. The lowest BCUT2D eigenvalue weighted by atomic mass is 9.78. The molecule has 0 unspecified atom stereocenters. The molecule has 0 saturated carbocycles. The van der Waals surface area contributed by atoms with Gasteiger partial charge in [0.1, 0.15) is 0 Å². The van der Waals surface area contributed by atoms with Crippen molar-refractivity contribution in [2.75, 3.05) is 0 Å². The standard InChI is InChI=1S/C40H32BNO2/c1-39(2)40(3,4)44-41(43-39)25-22-23-34-33(24-25)36-32-21-13-12-20-31(32)35-29-18-10-8-16-27(29)28-17-9-11-19-30(28)37(35)38(36)42(34)26-14-6-5-7-15-26/h5-24H,1-4H3. The summed E-state index contributed by atoms with van der Waals surface area (Å²) in [5.74, 6) is 0. The second-order valence-corrected chi connectivity index (χ2v) is 13.1. The fraction of sp³-hybridized carbons (Fsp3) is 0.150. The van der Waals surface area contributed by atoms with Crippen molar-refractivity contribution in [3.63, 3.8) is 0 Å². The molecule has 2 heterocycles. The van der Waals surface area contributed by atoms with E-state index in [2.05, 4.69) is 154 Å². The number of rotatable bonds is 2. The van der Waals surface area contributed by atoms with Gasteiger partial charge >= 0.3 is 7.12 Å². The smallest absolute Gasteiger partial charge is 0.399 e. The summed E-state index contributed by atoms with van der Waals surface area (Å²) in [5.41, 5.74) is 3.76. The Morgan fingerprint density at radius 1 is 0.477 bits per heavy atom. The van der Waals surface area contributed by atoms with E-state index in [1.165, 1.54) is 64.9 Å². The molecular weight excluding hydrogens is 537 g/mol. The molecule has 1 fully saturated rings. The Morgan fingerprint density at radius 3 is 1.55 bits per heavy atom. The molecule has 7 aromatic carbocycles. The fourth-order valence-electron chi connectivity index (χ4n) is 7.38. The SMILES string of the molecule is CC1(C)OB(c2ccc3c(c2)c2c4ccccc4c4c5ccccc5c5ccccc5c4c2n3-c2ccccc2)OC1(C)C. The van der Waals surface area contributed by atoms with Crippen LogP contribution in [-0.2, 0) is 9.31 Å². The van der Waals surface area contributed by atoms with Crippen LogP contribution in [0.1, 0.15) is 27.7 Å². The average Bonchev–Trinajstić information content (AvgIpc) is 3.50. The molecule has 4 heteroatoms. The van der Waals surface area contributed by atoms with Crippen molar-refractivity contribution in [1.82, 2.24) is 4.57 Å². The molecule has 0 bridgehead atoms. The molecule has 0 spiro atoms. The molecule has 3 nitrogen and oxygen atoms in total. The second-order valence-electron chi connectivity index (χ2n) is 13.1. The van der Waals surface area contributed by atoms with E-state index in [1.807, 2.05) is 0 Å². The Balaban J connectivity index is 1.54. The maximum absolute atomic E-state index is 6.54. The van der Waals surface area contributed by atoms with Crippen LogP contribution < -0.4 is 5.46 Å². The van der Waals surface area contributed by atoms with Crippen LogP contribution in [0.3, 0.4) is 0 Å². The van der Waals surface area contributed by atoms with E-state index >= 15 is 0 Å². The van der Waals surface area contributed by atoms with E-state index in [9.17, 15) is 0 Å². The number of fused-ring (bicyclic) bond motifs is 13. The lowest BCUT2D eigenvalue weighted by molar-refractivity contribution is 0.00578. The highest BCUT2D eigenvalue weighted by Gasteiger charge is 2.51. The molecule has 0 aliphatic carbocycles. The minimum Gasteiger partial charge on any atom is -0.399 e. The van der Waals surface area contributed by atoms with Gasteiger partial charge in [-0.05, 0) is 83.7 Å². The zero-order valence-electron chi connectivity index (χ0n) is 25.4. The Hall–Kier alpha value is -4.64. The van der Waals surface area contributed by atoms with E-state index in [0.29, 0.717) is 0 Å². The van der Waals surface area contributed by atoms with Crippen molar-refractivity contribution >= 4 is 77.5 Å². The van der Waals surface area contributed by atoms with Crippen molar-refractivity contribution in [1.29, 1.82) is 0 Å². The van der Waals surface area contributed by atoms with Gasteiger partial charge in [-0.25, -0.2) is 0 Å². The van der Waals surface area contributed by atoms with E-state index < -0.39 is 18.3 Å². The normalized spacial score (nSPS) is 16.3. The number of para-hydroxylation sites is 1. The molecule has 0 radical (unpaired) electrons. The maximum atomic E-state index is 6.54. The predicted octanol–water partition coefficient (Wildman–Crippen LogP) is 9.70. The lowest BCUT2D eigenvalue weighted by Gasteiger charge is -2.32. The van der Waals surface area contributed by atoms with Crippen molar-refractivity contribution in [2.24, 2.45) is 0 Å². The number of nitrogens with zero attached hydrogens (tertiary/aromatic N) is 1. The summed E-state index contributed by atoms with van der Waals surface area (Å²) in [5, 5.41) is 12.7. The number of hydrogen-bond acceptors (Lipinski definition) is 2. The summed E-state index contributed by atoms with van der Waals surface area (Å²) >= 11 is 0. The summed E-state index contributed by atoms with van der Waals surface area (Å²) < 4.78 is 15.5. The van der Waals surface area contributed by atoms with Crippen LogP contribution in [0.15, 0.2) is 121 Å². The summed E-state index contributed by atoms with van der Waals surface area (Å²) in [6.07, 6.45) is 0. The Morgan fingerprint density at radius 2 is 0.955 bits per heavy atom. The van der Waals surface area contributed by atoms with Crippen molar-refractivity contribution in [2.45, 2.75) is 38.9 Å². The van der Waals surface area contributed by atoms with Gasteiger partial charge in [0, 0.05) is 27.2 Å². The maximum Gasteiger partial charge on any atom is 0.494 e. The Kier molecular flexibility index (Phi) is 5.25. The molecule has 0 N–H and O–H groups in total. The molecule has 8 aromatic rings. The first-order valence-corrected chi connectivity index (χ1v) is 15.5. The molecule has 44 heavy (non-hydrogen) atoms. The van der Waals surface area contributed by atoms with E-state index in [-0.39, 0.29) is 0 Å². The highest BCUT2D eigenvalue weighted by atomic mass is 16.7. The Labute approximate surface area is 256 Å². The summed E-state index contributed by atoms with van der Waals surface area (Å²) in [7, 11) is -0.434. The topological polar surface area (TPSA) is 23.4 Å². The van der Waals surface area contributed by atoms with E-state index in [0.717, 1.165) is 11.2 Å². The van der Waals surface area contributed by atoms with Crippen LogP contribution in [0.2, 0.25) is 0 Å². The predicted molar refractivity (Wildman–Crippen MR) is 187 cm³/mol. The van der Waals surface area contributed by atoms with Gasteiger partial charge in [0.2, 0.25) is 0 Å². The van der Waals surface area contributed by atoms with Crippen LogP contribution in [0.5, 0.6) is 0 Å². The van der Waals surface area contributed by atoms with E-state index in [1.54, 1.807) is 0 Å². The zero-order chi connectivity index (χ0) is 29.8. The first-order chi connectivity index (χ1) is 21.3. The molecule has 1 saturated heterocycles. The first kappa shape index (κ1) is 25.8. The minimum absolute atomic E-state index is 0.409. The summed E-state index contributed by atoms with van der Waals surface area (Å²) in [4.78, 5) is 0. The summed E-state index contributed by atoms with van der Waals surface area (Å²) in [6.45, 7) is 8.45. The van der Waals surface area contributed by atoms with Crippen molar-refractivity contribution in [3.8, 4) is 5.69 Å².